The zero-order valence-electron chi connectivity index (χ0n) is 18.1. The molecule has 0 bridgehead atoms. The number of ether oxygens (including phenoxy) is 2. The predicted molar refractivity (Wildman–Crippen MR) is 124 cm³/mol. The minimum absolute atomic E-state index is 0.165. The maximum atomic E-state index is 12.3. The van der Waals surface area contributed by atoms with Crippen LogP contribution in [0.4, 0.5) is 10.5 Å². The molecule has 2 N–H and O–H groups in total. The van der Waals surface area contributed by atoms with Crippen molar-refractivity contribution < 1.29 is 27.5 Å². The van der Waals surface area contributed by atoms with E-state index in [1.165, 1.54) is 0 Å². The Hall–Kier alpha value is -2.72. The molecule has 0 aliphatic carbocycles. The minimum Gasteiger partial charge on any atom is -0.457 e. The van der Waals surface area contributed by atoms with Gasteiger partial charge in [0.15, 0.2) is 9.84 Å². The summed E-state index contributed by atoms with van der Waals surface area (Å²) in [6.07, 6.45) is -0.665. The van der Waals surface area contributed by atoms with Crippen molar-refractivity contribution >= 4 is 39.3 Å². The molecule has 1 saturated heterocycles. The topological polar surface area (TPSA) is 111 Å². The smallest absolute Gasteiger partial charge is 0.408 e. The first-order chi connectivity index (χ1) is 15.0. The van der Waals surface area contributed by atoms with Crippen molar-refractivity contribution in [3.8, 4) is 11.5 Å². The monoisotopic (exact) mass is 478 g/mol. The molecule has 1 aliphatic heterocycles. The van der Waals surface area contributed by atoms with E-state index in [0.29, 0.717) is 17.2 Å². The molecule has 3 rings (SSSR count). The van der Waals surface area contributed by atoms with E-state index in [1.807, 2.05) is 0 Å². The van der Waals surface area contributed by atoms with Gasteiger partial charge < -0.3 is 20.1 Å². The van der Waals surface area contributed by atoms with Gasteiger partial charge >= 0.3 is 6.09 Å². The van der Waals surface area contributed by atoms with E-state index in [-0.39, 0.29) is 22.4 Å². The van der Waals surface area contributed by atoms with Crippen LogP contribution in [0.3, 0.4) is 0 Å². The van der Waals surface area contributed by atoms with Gasteiger partial charge in [0, 0.05) is 16.7 Å². The largest absolute Gasteiger partial charge is 0.457 e. The number of nitrogens with one attached hydrogen (secondary N) is 2. The van der Waals surface area contributed by atoms with Crippen LogP contribution in [0, 0.1) is 0 Å². The van der Waals surface area contributed by atoms with Gasteiger partial charge in [-0.05, 0) is 69.3 Å². The Morgan fingerprint density at radius 3 is 2.12 bits per heavy atom. The number of sulfone groups is 1. The highest BCUT2D eigenvalue weighted by Gasteiger charge is 2.29. The number of alkyl carbamates (subject to hydrolysis) is 1. The lowest BCUT2D eigenvalue weighted by molar-refractivity contribution is -0.115. The lowest BCUT2D eigenvalue weighted by Gasteiger charge is -2.19. The fourth-order valence-corrected chi connectivity index (χ4v) is 5.31. The third-order valence-corrected chi connectivity index (χ3v) is 7.17. The zero-order chi connectivity index (χ0) is 23.4. The van der Waals surface area contributed by atoms with E-state index < -0.39 is 27.4 Å². The van der Waals surface area contributed by atoms with Crippen LogP contribution >= 0.6 is 11.8 Å². The van der Waals surface area contributed by atoms with Crippen molar-refractivity contribution in [3.63, 3.8) is 0 Å². The second-order valence-corrected chi connectivity index (χ2v) is 11.6. The molecule has 1 atom stereocenters. The number of hydrogen-bond donors (Lipinski definition) is 2. The first kappa shape index (κ1) is 23.9. The van der Waals surface area contributed by atoms with E-state index in [9.17, 15) is 18.0 Å². The van der Waals surface area contributed by atoms with Gasteiger partial charge in [-0.2, -0.15) is 11.8 Å². The van der Waals surface area contributed by atoms with Gasteiger partial charge in [0.25, 0.3) is 0 Å². The van der Waals surface area contributed by atoms with Crippen molar-refractivity contribution in [2.24, 2.45) is 0 Å². The summed E-state index contributed by atoms with van der Waals surface area (Å²) in [5.41, 5.74) is -0.103. The second kappa shape index (κ2) is 9.83. The Kier molecular flexibility index (Phi) is 7.35. The van der Waals surface area contributed by atoms with Gasteiger partial charge in [0.1, 0.15) is 23.6 Å². The molecule has 0 radical (unpaired) electrons. The van der Waals surface area contributed by atoms with Crippen LogP contribution in [0.1, 0.15) is 20.8 Å². The van der Waals surface area contributed by atoms with Gasteiger partial charge in [-0.3, -0.25) is 4.79 Å². The molecule has 0 aromatic heterocycles. The molecule has 0 saturated carbocycles. The van der Waals surface area contributed by atoms with E-state index in [4.69, 9.17) is 9.47 Å². The van der Waals surface area contributed by atoms with Gasteiger partial charge in [-0.25, -0.2) is 13.2 Å². The molecule has 10 heteroatoms. The standard InChI is InChI=1S/C22H26N2O6S2/c1-22(2,3)30-21(26)23-12-20(25)24-15-4-6-16(7-5-15)29-17-8-10-19(11-9-17)32(27,28)14-18-13-31-18/h4-11,18H,12-14H2,1-3H3,(H,23,26)(H,24,25). The van der Waals surface area contributed by atoms with E-state index in [0.717, 1.165) is 5.75 Å². The third kappa shape index (κ3) is 7.76. The molecular weight excluding hydrogens is 452 g/mol. The first-order valence-electron chi connectivity index (χ1n) is 9.99. The van der Waals surface area contributed by atoms with Crippen LogP contribution in [0.25, 0.3) is 0 Å². The van der Waals surface area contributed by atoms with Crippen LogP contribution in [-0.2, 0) is 19.4 Å². The van der Waals surface area contributed by atoms with Crippen molar-refractivity contribution in [3.05, 3.63) is 48.5 Å². The van der Waals surface area contributed by atoms with Crippen LogP contribution in [-0.4, -0.2) is 49.3 Å². The Morgan fingerprint density at radius 2 is 1.59 bits per heavy atom. The number of rotatable bonds is 8. The number of carbonyl (C=O) groups is 2. The summed E-state index contributed by atoms with van der Waals surface area (Å²) >= 11 is 1.65. The Labute approximate surface area is 192 Å². The zero-order valence-corrected chi connectivity index (χ0v) is 19.7. The summed E-state index contributed by atoms with van der Waals surface area (Å²) in [4.78, 5) is 23.9. The second-order valence-electron chi connectivity index (χ2n) is 8.24. The summed E-state index contributed by atoms with van der Waals surface area (Å²) < 4.78 is 35.4. The van der Waals surface area contributed by atoms with Crippen LogP contribution < -0.4 is 15.4 Å². The molecule has 32 heavy (non-hydrogen) atoms. The Balaban J connectivity index is 1.49. The average molecular weight is 479 g/mol. The summed E-state index contributed by atoms with van der Waals surface area (Å²) in [6, 6.07) is 13.0. The van der Waals surface area contributed by atoms with Gasteiger partial charge in [0.2, 0.25) is 5.91 Å². The summed E-state index contributed by atoms with van der Waals surface area (Å²) in [6.45, 7) is 4.99. The number of anilines is 1. The third-order valence-electron chi connectivity index (χ3n) is 4.16. The summed E-state index contributed by atoms with van der Waals surface area (Å²) in [7, 11) is -3.27. The van der Waals surface area contributed by atoms with Crippen molar-refractivity contribution in [1.82, 2.24) is 5.32 Å². The number of amides is 2. The normalized spacial score (nSPS) is 15.5. The molecule has 1 unspecified atom stereocenters. The first-order valence-corrected chi connectivity index (χ1v) is 12.7. The van der Waals surface area contributed by atoms with Gasteiger partial charge in [-0.1, -0.05) is 0 Å². The molecule has 1 aliphatic rings. The highest BCUT2D eigenvalue weighted by molar-refractivity contribution is 8.08. The van der Waals surface area contributed by atoms with E-state index in [2.05, 4.69) is 10.6 Å². The van der Waals surface area contributed by atoms with Crippen molar-refractivity contribution in [2.45, 2.75) is 36.5 Å². The molecule has 1 heterocycles. The minimum atomic E-state index is -3.27. The fourth-order valence-electron chi connectivity index (χ4n) is 2.63. The highest BCUT2D eigenvalue weighted by atomic mass is 32.2. The fraction of sp³-hybridized carbons (Fsp3) is 0.364. The van der Waals surface area contributed by atoms with Gasteiger partial charge in [-0.15, -0.1) is 0 Å². The Morgan fingerprint density at radius 1 is 1.03 bits per heavy atom. The van der Waals surface area contributed by atoms with E-state index >= 15 is 0 Å². The van der Waals surface area contributed by atoms with Crippen molar-refractivity contribution in [1.29, 1.82) is 0 Å². The lowest BCUT2D eigenvalue weighted by atomic mass is 10.2. The molecule has 2 amide bonds. The molecule has 2 aromatic carbocycles. The summed E-state index contributed by atoms with van der Waals surface area (Å²) in [5.74, 6) is 1.70. The maximum absolute atomic E-state index is 12.3. The molecule has 8 nitrogen and oxygen atoms in total. The SMILES string of the molecule is CC(C)(C)OC(=O)NCC(=O)Nc1ccc(Oc2ccc(S(=O)(=O)CC3CS3)cc2)cc1. The molecule has 0 spiro atoms. The predicted octanol–water partition coefficient (Wildman–Crippen LogP) is 3.83. The maximum Gasteiger partial charge on any atom is 0.408 e. The molecule has 172 valence electrons. The lowest BCUT2D eigenvalue weighted by Crippen LogP contribution is -2.37. The highest BCUT2D eigenvalue weighted by Crippen LogP contribution is 2.33. The van der Waals surface area contributed by atoms with Crippen LogP contribution in [0.2, 0.25) is 0 Å². The number of carbonyl (C=O) groups excluding carboxylic acids is 2. The van der Waals surface area contributed by atoms with Gasteiger partial charge in [0.05, 0.1) is 10.6 Å². The van der Waals surface area contributed by atoms with E-state index in [1.54, 1.807) is 81.1 Å². The number of hydrogen-bond acceptors (Lipinski definition) is 7. The number of thioether (sulfide) groups is 1. The molecular formula is C22H26N2O6S2. The summed E-state index contributed by atoms with van der Waals surface area (Å²) in [5, 5.41) is 5.26. The molecule has 2 aromatic rings. The average Bonchev–Trinajstić information content (AvgIpc) is 3.50. The van der Waals surface area contributed by atoms with Crippen LogP contribution in [0.15, 0.2) is 53.4 Å². The number of benzene rings is 2. The van der Waals surface area contributed by atoms with Crippen molar-refractivity contribution in [2.75, 3.05) is 23.4 Å². The quantitative estimate of drug-likeness (QED) is 0.555. The van der Waals surface area contributed by atoms with Crippen LogP contribution in [0.5, 0.6) is 11.5 Å². The molecule has 1 fully saturated rings. The Bertz CT molecular complexity index is 1060.